The van der Waals surface area contributed by atoms with Crippen molar-refractivity contribution in [2.75, 3.05) is 23.7 Å². The maximum Gasteiger partial charge on any atom is 0.293 e. The third-order valence-corrected chi connectivity index (χ3v) is 3.26. The van der Waals surface area contributed by atoms with Crippen LogP contribution in [-0.4, -0.2) is 32.7 Å². The van der Waals surface area contributed by atoms with Crippen molar-refractivity contribution in [1.82, 2.24) is 0 Å². The van der Waals surface area contributed by atoms with E-state index in [1.807, 2.05) is 0 Å². The minimum absolute atomic E-state index is 0.00366. The number of hydrogen-bond acceptors (Lipinski definition) is 5. The first-order valence-corrected chi connectivity index (χ1v) is 6.64. The van der Waals surface area contributed by atoms with Crippen LogP contribution in [0, 0.1) is 10.1 Å². The average Bonchev–Trinajstić information content (AvgIpc) is 2.24. The number of nitrogens with two attached hydrogens (primary N) is 1. The van der Waals surface area contributed by atoms with Crippen molar-refractivity contribution in [1.29, 1.82) is 0 Å². The molecule has 0 amide bonds. The molecule has 0 aliphatic heterocycles. The van der Waals surface area contributed by atoms with Crippen LogP contribution in [0.1, 0.15) is 0 Å². The molecule has 0 fully saturated rings. The summed E-state index contributed by atoms with van der Waals surface area (Å²) in [5.74, 6) is 0. The number of para-hydroxylation sites is 2. The zero-order valence-corrected chi connectivity index (χ0v) is 10.1. The molecule has 0 spiro atoms. The number of hydrogen-bond donors (Lipinski definition) is 1. The van der Waals surface area contributed by atoms with Crippen LogP contribution in [0.15, 0.2) is 24.3 Å². The Morgan fingerprint density at radius 3 is 2.47 bits per heavy atom. The van der Waals surface area contributed by atoms with E-state index in [0.29, 0.717) is 0 Å². The Balaban J connectivity index is 3.33. The second-order valence-corrected chi connectivity index (χ2v) is 5.28. The van der Waals surface area contributed by atoms with Gasteiger partial charge in [0.15, 0.2) is 0 Å². The molecule has 0 aromatic heterocycles. The summed E-state index contributed by atoms with van der Waals surface area (Å²) in [4.78, 5) is 10.2. The van der Waals surface area contributed by atoms with Gasteiger partial charge in [0.05, 0.1) is 11.2 Å². The molecule has 0 bridgehead atoms. The predicted octanol–water partition coefficient (Wildman–Crippen LogP) is 0.320. The standard InChI is InChI=1S/C9H13N3O4S/c1-17(15,16)11(7-6-10)8-4-2-3-5-9(8)12(13)14/h2-5H,6-7,10H2,1H3. The summed E-state index contributed by atoms with van der Waals surface area (Å²) in [6.07, 6.45) is 0.986. The molecule has 0 radical (unpaired) electrons. The molecule has 2 N–H and O–H groups in total. The topological polar surface area (TPSA) is 107 Å². The van der Waals surface area contributed by atoms with E-state index in [-0.39, 0.29) is 24.5 Å². The number of nitro groups is 1. The molecule has 8 heteroatoms. The molecule has 1 aromatic rings. The summed E-state index contributed by atoms with van der Waals surface area (Å²) in [6, 6.07) is 5.65. The van der Waals surface area contributed by atoms with Gasteiger partial charge >= 0.3 is 0 Å². The molecule has 1 rings (SSSR count). The molecular weight excluding hydrogens is 246 g/mol. The zero-order valence-electron chi connectivity index (χ0n) is 9.24. The molecule has 94 valence electrons. The molecular formula is C9H13N3O4S. The average molecular weight is 259 g/mol. The fraction of sp³-hybridized carbons (Fsp3) is 0.333. The highest BCUT2D eigenvalue weighted by atomic mass is 32.2. The molecule has 7 nitrogen and oxygen atoms in total. The lowest BCUT2D eigenvalue weighted by Gasteiger charge is -2.21. The van der Waals surface area contributed by atoms with Crippen LogP contribution in [0.2, 0.25) is 0 Å². The lowest BCUT2D eigenvalue weighted by molar-refractivity contribution is -0.384. The van der Waals surface area contributed by atoms with Crippen molar-refractivity contribution >= 4 is 21.4 Å². The van der Waals surface area contributed by atoms with E-state index in [1.54, 1.807) is 0 Å². The van der Waals surface area contributed by atoms with Crippen molar-refractivity contribution in [2.24, 2.45) is 5.73 Å². The van der Waals surface area contributed by atoms with E-state index in [2.05, 4.69) is 0 Å². The molecule has 0 heterocycles. The third kappa shape index (κ3) is 3.14. The van der Waals surface area contributed by atoms with E-state index in [4.69, 9.17) is 5.73 Å². The summed E-state index contributed by atoms with van der Waals surface area (Å²) < 4.78 is 24.0. The van der Waals surface area contributed by atoms with Crippen LogP contribution in [0.4, 0.5) is 11.4 Å². The van der Waals surface area contributed by atoms with Gasteiger partial charge < -0.3 is 5.73 Å². The predicted molar refractivity (Wildman–Crippen MR) is 64.3 cm³/mol. The van der Waals surface area contributed by atoms with Gasteiger partial charge in [-0.15, -0.1) is 0 Å². The number of benzene rings is 1. The summed E-state index contributed by atoms with van der Waals surface area (Å²) in [5, 5.41) is 10.8. The van der Waals surface area contributed by atoms with E-state index < -0.39 is 14.9 Å². The van der Waals surface area contributed by atoms with Crippen LogP contribution in [0.25, 0.3) is 0 Å². The number of nitrogens with zero attached hydrogens (tertiary/aromatic N) is 2. The van der Waals surface area contributed by atoms with Crippen LogP contribution in [-0.2, 0) is 10.0 Å². The lowest BCUT2D eigenvalue weighted by atomic mass is 10.2. The van der Waals surface area contributed by atoms with Gasteiger partial charge in [0.1, 0.15) is 5.69 Å². The van der Waals surface area contributed by atoms with E-state index in [9.17, 15) is 18.5 Å². The van der Waals surface area contributed by atoms with Crippen LogP contribution in [0.5, 0.6) is 0 Å². The van der Waals surface area contributed by atoms with Gasteiger partial charge in [0.25, 0.3) is 5.69 Å². The lowest BCUT2D eigenvalue weighted by Crippen LogP contribution is -2.34. The zero-order chi connectivity index (χ0) is 13.1. The minimum atomic E-state index is -3.59. The fourth-order valence-electron chi connectivity index (χ4n) is 1.41. The van der Waals surface area contributed by atoms with E-state index in [1.165, 1.54) is 24.3 Å². The monoisotopic (exact) mass is 259 g/mol. The Hall–Kier alpha value is -1.67. The van der Waals surface area contributed by atoms with Crippen LogP contribution in [0.3, 0.4) is 0 Å². The quantitative estimate of drug-likeness (QED) is 0.605. The number of sulfonamides is 1. The van der Waals surface area contributed by atoms with E-state index in [0.717, 1.165) is 10.6 Å². The second-order valence-electron chi connectivity index (χ2n) is 3.37. The first kappa shape index (κ1) is 13.4. The molecule has 17 heavy (non-hydrogen) atoms. The summed E-state index contributed by atoms with van der Waals surface area (Å²) in [6.45, 7) is 0.0861. The van der Waals surface area contributed by atoms with E-state index >= 15 is 0 Å². The van der Waals surface area contributed by atoms with Crippen molar-refractivity contribution in [3.63, 3.8) is 0 Å². The highest BCUT2D eigenvalue weighted by Crippen LogP contribution is 2.28. The van der Waals surface area contributed by atoms with Gasteiger partial charge in [-0.25, -0.2) is 8.42 Å². The largest absolute Gasteiger partial charge is 0.329 e. The normalized spacial score (nSPS) is 11.2. The molecule has 0 atom stereocenters. The Labute approximate surface area is 99.0 Å². The van der Waals surface area contributed by atoms with Gasteiger partial charge in [-0.3, -0.25) is 14.4 Å². The highest BCUT2D eigenvalue weighted by Gasteiger charge is 2.24. The van der Waals surface area contributed by atoms with Crippen molar-refractivity contribution < 1.29 is 13.3 Å². The summed E-state index contributed by atoms with van der Waals surface area (Å²) in [5.41, 5.74) is 5.09. The summed E-state index contributed by atoms with van der Waals surface area (Å²) in [7, 11) is -3.59. The molecule has 0 aliphatic rings. The minimum Gasteiger partial charge on any atom is -0.329 e. The van der Waals surface area contributed by atoms with Gasteiger partial charge in [-0.05, 0) is 6.07 Å². The third-order valence-electron chi connectivity index (χ3n) is 2.08. The maximum absolute atomic E-state index is 11.5. The molecule has 0 aliphatic carbocycles. The second kappa shape index (κ2) is 5.11. The molecule has 0 unspecified atom stereocenters. The van der Waals surface area contributed by atoms with Gasteiger partial charge in [-0.2, -0.15) is 0 Å². The molecule has 0 saturated heterocycles. The van der Waals surface area contributed by atoms with Crippen molar-refractivity contribution in [3.05, 3.63) is 34.4 Å². The maximum atomic E-state index is 11.5. The van der Waals surface area contributed by atoms with Gasteiger partial charge in [-0.1, -0.05) is 12.1 Å². The fourth-order valence-corrected chi connectivity index (χ4v) is 2.36. The van der Waals surface area contributed by atoms with Gasteiger partial charge in [0, 0.05) is 19.2 Å². The van der Waals surface area contributed by atoms with Crippen molar-refractivity contribution in [3.8, 4) is 0 Å². The Kier molecular flexibility index (Phi) is 4.02. The first-order valence-electron chi connectivity index (χ1n) is 4.79. The number of anilines is 1. The molecule has 0 saturated carbocycles. The van der Waals surface area contributed by atoms with Crippen LogP contribution < -0.4 is 10.0 Å². The first-order chi connectivity index (χ1) is 7.88. The Morgan fingerprint density at radius 1 is 1.41 bits per heavy atom. The van der Waals surface area contributed by atoms with Crippen LogP contribution >= 0.6 is 0 Å². The number of nitro benzene ring substituents is 1. The Morgan fingerprint density at radius 2 is 2.00 bits per heavy atom. The summed E-state index contributed by atoms with van der Waals surface area (Å²) >= 11 is 0. The SMILES string of the molecule is CS(=O)(=O)N(CCN)c1ccccc1[N+](=O)[O-]. The van der Waals surface area contributed by atoms with Crippen molar-refractivity contribution in [2.45, 2.75) is 0 Å². The highest BCUT2D eigenvalue weighted by molar-refractivity contribution is 7.92. The van der Waals surface area contributed by atoms with Gasteiger partial charge in [0.2, 0.25) is 10.0 Å². The smallest absolute Gasteiger partial charge is 0.293 e. The number of rotatable bonds is 5. The molecule has 1 aromatic carbocycles. The Bertz CT molecular complexity index is 515.